The van der Waals surface area contributed by atoms with Gasteiger partial charge in [-0.1, -0.05) is 48.5 Å². The molecule has 0 saturated heterocycles. The lowest BCUT2D eigenvalue weighted by Crippen LogP contribution is -2.25. The third-order valence-electron chi connectivity index (χ3n) is 3.15. The van der Waals surface area contributed by atoms with Crippen LogP contribution in [0, 0.1) is 0 Å². The Labute approximate surface area is 113 Å². The first-order valence-electron chi connectivity index (χ1n) is 6.05. The van der Waals surface area contributed by atoms with Gasteiger partial charge in [0.05, 0.1) is 16.2 Å². The van der Waals surface area contributed by atoms with E-state index in [1.165, 1.54) is 6.92 Å². The van der Waals surface area contributed by atoms with Crippen LogP contribution >= 0.6 is 0 Å². The molecule has 0 aromatic heterocycles. The number of aliphatic hydroxyl groups is 1. The number of rotatable bonds is 4. The van der Waals surface area contributed by atoms with Crippen LogP contribution in [0.5, 0.6) is 0 Å². The van der Waals surface area contributed by atoms with E-state index in [-0.39, 0.29) is 4.90 Å². The Morgan fingerprint density at radius 3 is 1.89 bits per heavy atom. The average Bonchev–Trinajstić information content (AvgIpc) is 2.47. The van der Waals surface area contributed by atoms with Gasteiger partial charge >= 0.3 is 0 Å². The summed E-state index contributed by atoms with van der Waals surface area (Å²) in [5.74, 6) is 0. The lowest BCUT2D eigenvalue weighted by molar-refractivity contribution is 0.176. The second kappa shape index (κ2) is 5.55. The van der Waals surface area contributed by atoms with E-state index < -0.39 is 21.2 Å². The van der Waals surface area contributed by atoms with Gasteiger partial charge in [0.15, 0.2) is 9.84 Å². The molecule has 0 aliphatic heterocycles. The highest BCUT2D eigenvalue weighted by molar-refractivity contribution is 7.92. The molecule has 0 amide bonds. The summed E-state index contributed by atoms with van der Waals surface area (Å²) in [7, 11) is -3.54. The van der Waals surface area contributed by atoms with Crippen LogP contribution in [0.2, 0.25) is 0 Å². The molecule has 0 spiro atoms. The van der Waals surface area contributed by atoms with E-state index in [1.54, 1.807) is 54.6 Å². The van der Waals surface area contributed by atoms with Crippen molar-refractivity contribution in [2.75, 3.05) is 0 Å². The molecule has 2 atom stereocenters. The third kappa shape index (κ3) is 2.85. The Kier molecular flexibility index (Phi) is 4.02. The maximum Gasteiger partial charge on any atom is 0.183 e. The van der Waals surface area contributed by atoms with Gasteiger partial charge in [0, 0.05) is 0 Å². The minimum atomic E-state index is -3.54. The highest BCUT2D eigenvalue weighted by atomic mass is 32.2. The first-order chi connectivity index (χ1) is 9.03. The van der Waals surface area contributed by atoms with Crippen molar-refractivity contribution >= 4 is 9.84 Å². The monoisotopic (exact) mass is 276 g/mol. The predicted molar refractivity (Wildman–Crippen MR) is 74.5 cm³/mol. The Hall–Kier alpha value is -1.65. The first-order valence-corrected chi connectivity index (χ1v) is 7.60. The number of hydrogen-bond acceptors (Lipinski definition) is 3. The summed E-state index contributed by atoms with van der Waals surface area (Å²) in [6, 6.07) is 17.0. The molecule has 0 saturated carbocycles. The van der Waals surface area contributed by atoms with Crippen molar-refractivity contribution in [3.8, 4) is 0 Å². The van der Waals surface area contributed by atoms with Gasteiger partial charge in [0.2, 0.25) is 0 Å². The van der Waals surface area contributed by atoms with Gasteiger partial charge in [-0.05, 0) is 24.6 Å². The largest absolute Gasteiger partial charge is 0.387 e. The molecule has 0 aliphatic rings. The Morgan fingerprint density at radius 2 is 1.37 bits per heavy atom. The van der Waals surface area contributed by atoms with Crippen LogP contribution in [0.25, 0.3) is 0 Å². The minimum absolute atomic E-state index is 0.234. The van der Waals surface area contributed by atoms with Crippen molar-refractivity contribution in [2.24, 2.45) is 0 Å². The molecule has 0 heterocycles. The van der Waals surface area contributed by atoms with E-state index in [2.05, 4.69) is 0 Å². The first kappa shape index (κ1) is 13.8. The van der Waals surface area contributed by atoms with E-state index in [9.17, 15) is 13.5 Å². The van der Waals surface area contributed by atoms with Crippen molar-refractivity contribution in [3.05, 3.63) is 66.2 Å². The number of sulfone groups is 1. The topological polar surface area (TPSA) is 54.4 Å². The van der Waals surface area contributed by atoms with Crippen LogP contribution in [0.1, 0.15) is 18.6 Å². The summed E-state index contributed by atoms with van der Waals surface area (Å²) in [5.41, 5.74) is 0.606. The standard InChI is InChI=1S/C15H16O3S/c1-12(15(16)13-8-4-2-5-9-13)19(17,18)14-10-6-3-7-11-14/h2-12,15-16H,1H3/t12-,15+/m1/s1. The van der Waals surface area contributed by atoms with Crippen molar-refractivity contribution in [2.45, 2.75) is 23.2 Å². The normalized spacial score (nSPS) is 14.8. The van der Waals surface area contributed by atoms with Crippen molar-refractivity contribution in [1.29, 1.82) is 0 Å². The van der Waals surface area contributed by atoms with E-state index in [4.69, 9.17) is 0 Å². The van der Waals surface area contributed by atoms with Crippen LogP contribution in [0.15, 0.2) is 65.6 Å². The second-order valence-corrected chi connectivity index (χ2v) is 6.72. The van der Waals surface area contributed by atoms with Crippen LogP contribution < -0.4 is 0 Å². The van der Waals surface area contributed by atoms with Crippen LogP contribution in [-0.2, 0) is 9.84 Å². The SMILES string of the molecule is C[C@H]([C@H](O)c1ccccc1)S(=O)(=O)c1ccccc1. The predicted octanol–water partition coefficient (Wildman–Crippen LogP) is 2.58. The second-order valence-electron chi connectivity index (χ2n) is 4.42. The lowest BCUT2D eigenvalue weighted by atomic mass is 10.1. The molecule has 19 heavy (non-hydrogen) atoms. The smallest absolute Gasteiger partial charge is 0.183 e. The molecule has 0 bridgehead atoms. The summed E-state index contributed by atoms with van der Waals surface area (Å²) in [6.45, 7) is 1.53. The fraction of sp³-hybridized carbons (Fsp3) is 0.200. The maximum absolute atomic E-state index is 12.4. The summed E-state index contributed by atoms with van der Waals surface area (Å²) in [5, 5.41) is 9.32. The zero-order valence-corrected chi connectivity index (χ0v) is 11.4. The molecule has 1 N–H and O–H groups in total. The zero-order valence-electron chi connectivity index (χ0n) is 10.6. The molecular formula is C15H16O3S. The van der Waals surface area contributed by atoms with Gasteiger partial charge in [-0.3, -0.25) is 0 Å². The number of benzene rings is 2. The van der Waals surface area contributed by atoms with Gasteiger partial charge in [0.25, 0.3) is 0 Å². The van der Waals surface area contributed by atoms with Crippen molar-refractivity contribution in [3.63, 3.8) is 0 Å². The van der Waals surface area contributed by atoms with Gasteiger partial charge in [-0.25, -0.2) is 8.42 Å². The Bertz CT molecular complexity index is 621. The average molecular weight is 276 g/mol. The zero-order chi connectivity index (χ0) is 13.9. The van der Waals surface area contributed by atoms with E-state index in [0.717, 1.165) is 0 Å². The Morgan fingerprint density at radius 1 is 0.895 bits per heavy atom. The van der Waals surface area contributed by atoms with E-state index in [0.29, 0.717) is 5.56 Å². The van der Waals surface area contributed by atoms with Gasteiger partial charge in [-0.15, -0.1) is 0 Å². The molecule has 100 valence electrons. The number of hydrogen-bond donors (Lipinski definition) is 1. The third-order valence-corrected chi connectivity index (χ3v) is 5.31. The lowest BCUT2D eigenvalue weighted by Gasteiger charge is -2.19. The molecule has 3 nitrogen and oxygen atoms in total. The van der Waals surface area contributed by atoms with E-state index >= 15 is 0 Å². The molecule has 0 radical (unpaired) electrons. The molecule has 0 unspecified atom stereocenters. The molecule has 2 aromatic carbocycles. The van der Waals surface area contributed by atoms with Gasteiger partial charge < -0.3 is 5.11 Å². The van der Waals surface area contributed by atoms with Crippen LogP contribution in [0.4, 0.5) is 0 Å². The van der Waals surface area contributed by atoms with Crippen molar-refractivity contribution < 1.29 is 13.5 Å². The molecule has 0 aliphatic carbocycles. The number of aliphatic hydroxyl groups excluding tert-OH is 1. The fourth-order valence-corrected chi connectivity index (χ4v) is 3.38. The molecule has 2 rings (SSSR count). The molecule has 0 fully saturated rings. The van der Waals surface area contributed by atoms with Crippen LogP contribution in [0.3, 0.4) is 0 Å². The maximum atomic E-state index is 12.4. The van der Waals surface area contributed by atoms with Crippen LogP contribution in [-0.4, -0.2) is 18.8 Å². The summed E-state index contributed by atoms with van der Waals surface area (Å²) in [6.07, 6.45) is -1.04. The summed E-state index contributed by atoms with van der Waals surface area (Å²) in [4.78, 5) is 0.234. The molecule has 2 aromatic rings. The van der Waals surface area contributed by atoms with E-state index in [1.807, 2.05) is 6.07 Å². The fourth-order valence-electron chi connectivity index (χ4n) is 1.92. The summed E-state index contributed by atoms with van der Waals surface area (Å²) < 4.78 is 24.8. The minimum Gasteiger partial charge on any atom is -0.387 e. The highest BCUT2D eigenvalue weighted by Crippen LogP contribution is 2.26. The quantitative estimate of drug-likeness (QED) is 0.933. The molecule has 4 heteroatoms. The summed E-state index contributed by atoms with van der Waals surface area (Å²) >= 11 is 0. The van der Waals surface area contributed by atoms with Gasteiger partial charge in [-0.2, -0.15) is 0 Å². The van der Waals surface area contributed by atoms with Crippen molar-refractivity contribution in [1.82, 2.24) is 0 Å². The highest BCUT2D eigenvalue weighted by Gasteiger charge is 2.30. The Balaban J connectivity index is 2.32. The van der Waals surface area contributed by atoms with Gasteiger partial charge in [0.1, 0.15) is 0 Å². The molecular weight excluding hydrogens is 260 g/mol.